The van der Waals surface area contributed by atoms with Gasteiger partial charge in [-0.2, -0.15) is 0 Å². The van der Waals surface area contributed by atoms with Gasteiger partial charge in [0.2, 0.25) is 15.9 Å². The number of sulfonamides is 1. The Labute approximate surface area is 143 Å². The topological polar surface area (TPSA) is 101 Å². The molecule has 1 aromatic carbocycles. The lowest BCUT2D eigenvalue weighted by Crippen LogP contribution is -2.40. The third-order valence-electron chi connectivity index (χ3n) is 3.86. The predicted molar refractivity (Wildman–Crippen MR) is 91.8 cm³/mol. The number of rotatable bonds is 6. The maximum atomic E-state index is 12.0. The molecule has 1 amide bonds. The van der Waals surface area contributed by atoms with Gasteiger partial charge in [0.05, 0.1) is 4.90 Å². The zero-order valence-electron chi connectivity index (χ0n) is 12.9. The molecule has 1 aliphatic carbocycles. The number of halogens is 1. The fourth-order valence-electron chi connectivity index (χ4n) is 2.66. The Morgan fingerprint density at radius 2 is 1.87 bits per heavy atom. The lowest BCUT2D eigenvalue weighted by Gasteiger charge is -2.25. The second kappa shape index (κ2) is 9.22. The second-order valence-electron chi connectivity index (χ2n) is 5.63. The Kier molecular flexibility index (Phi) is 7.98. The number of benzene rings is 1. The molecule has 8 heteroatoms. The molecule has 0 aliphatic heterocycles. The SMILES string of the molecule is Cl.NC1CCCC(C(=O)NCCNS(=O)(=O)c2ccccc2)C1. The lowest BCUT2D eigenvalue weighted by molar-refractivity contribution is -0.126. The molecule has 23 heavy (non-hydrogen) atoms. The van der Waals surface area contributed by atoms with Crippen LogP contribution in [0.1, 0.15) is 25.7 Å². The predicted octanol–water partition coefficient (Wildman–Crippen LogP) is 1.02. The van der Waals surface area contributed by atoms with Crippen LogP contribution in [0.15, 0.2) is 35.2 Å². The van der Waals surface area contributed by atoms with Crippen molar-refractivity contribution in [2.75, 3.05) is 13.1 Å². The first-order valence-corrected chi connectivity index (χ1v) is 9.05. The Morgan fingerprint density at radius 1 is 1.17 bits per heavy atom. The van der Waals surface area contributed by atoms with Crippen LogP contribution < -0.4 is 15.8 Å². The summed E-state index contributed by atoms with van der Waals surface area (Å²) in [5, 5.41) is 2.78. The summed E-state index contributed by atoms with van der Waals surface area (Å²) in [6, 6.07) is 8.26. The summed E-state index contributed by atoms with van der Waals surface area (Å²) in [5.74, 6) is -0.0801. The smallest absolute Gasteiger partial charge is 0.240 e. The van der Waals surface area contributed by atoms with Crippen LogP contribution in [0.3, 0.4) is 0 Å². The maximum Gasteiger partial charge on any atom is 0.240 e. The van der Waals surface area contributed by atoms with E-state index in [0.29, 0.717) is 6.42 Å². The van der Waals surface area contributed by atoms with Crippen LogP contribution in [0.4, 0.5) is 0 Å². The van der Waals surface area contributed by atoms with Gasteiger partial charge < -0.3 is 11.1 Å². The number of carbonyl (C=O) groups excluding carboxylic acids is 1. The summed E-state index contributed by atoms with van der Waals surface area (Å²) in [5.41, 5.74) is 5.87. The van der Waals surface area contributed by atoms with E-state index in [1.807, 2.05) is 0 Å². The van der Waals surface area contributed by atoms with Crippen LogP contribution in [0.2, 0.25) is 0 Å². The standard InChI is InChI=1S/C15H23N3O3S.ClH/c16-13-6-4-5-12(11-13)15(19)17-9-10-18-22(20,21)14-7-2-1-3-8-14;/h1-3,7-8,12-13,18H,4-6,9-11,16H2,(H,17,19);1H. The Morgan fingerprint density at radius 3 is 2.52 bits per heavy atom. The van der Waals surface area contributed by atoms with Gasteiger partial charge in [0.15, 0.2) is 0 Å². The summed E-state index contributed by atoms with van der Waals surface area (Å²) >= 11 is 0. The minimum absolute atomic E-state index is 0. The molecule has 0 spiro atoms. The number of nitrogens with two attached hydrogens (primary N) is 1. The lowest BCUT2D eigenvalue weighted by atomic mass is 9.85. The minimum Gasteiger partial charge on any atom is -0.355 e. The monoisotopic (exact) mass is 361 g/mol. The first-order chi connectivity index (χ1) is 10.5. The maximum absolute atomic E-state index is 12.0. The second-order valence-corrected chi connectivity index (χ2v) is 7.39. The molecule has 1 aromatic rings. The highest BCUT2D eigenvalue weighted by atomic mass is 35.5. The molecule has 0 saturated heterocycles. The highest BCUT2D eigenvalue weighted by Gasteiger charge is 2.25. The van der Waals surface area contributed by atoms with Crippen LogP contribution >= 0.6 is 12.4 Å². The van der Waals surface area contributed by atoms with E-state index in [9.17, 15) is 13.2 Å². The molecular weight excluding hydrogens is 338 g/mol. The molecule has 1 saturated carbocycles. The van der Waals surface area contributed by atoms with Crippen molar-refractivity contribution in [3.63, 3.8) is 0 Å². The van der Waals surface area contributed by atoms with E-state index in [4.69, 9.17) is 5.73 Å². The van der Waals surface area contributed by atoms with Crippen molar-refractivity contribution in [1.82, 2.24) is 10.0 Å². The van der Waals surface area contributed by atoms with Gasteiger partial charge in [0, 0.05) is 25.0 Å². The van der Waals surface area contributed by atoms with Crippen molar-refractivity contribution in [3.8, 4) is 0 Å². The van der Waals surface area contributed by atoms with Gasteiger partial charge in [-0.3, -0.25) is 4.79 Å². The van der Waals surface area contributed by atoms with Gasteiger partial charge in [-0.25, -0.2) is 13.1 Å². The number of hydrogen-bond donors (Lipinski definition) is 3. The van der Waals surface area contributed by atoms with Gasteiger partial charge in [-0.1, -0.05) is 24.6 Å². The number of carbonyl (C=O) groups is 1. The Bertz CT molecular complexity index is 595. The van der Waals surface area contributed by atoms with Crippen molar-refractivity contribution in [2.24, 2.45) is 11.7 Å². The van der Waals surface area contributed by atoms with Gasteiger partial charge in [0.25, 0.3) is 0 Å². The molecule has 0 radical (unpaired) electrons. The van der Waals surface area contributed by atoms with E-state index in [1.165, 1.54) is 12.1 Å². The largest absolute Gasteiger partial charge is 0.355 e. The van der Waals surface area contributed by atoms with Crippen LogP contribution in [0.5, 0.6) is 0 Å². The van der Waals surface area contributed by atoms with Crippen molar-refractivity contribution in [1.29, 1.82) is 0 Å². The molecule has 2 rings (SSSR count). The average molecular weight is 362 g/mol. The molecule has 130 valence electrons. The van der Waals surface area contributed by atoms with Gasteiger partial charge in [-0.05, 0) is 31.4 Å². The van der Waals surface area contributed by atoms with Crippen LogP contribution in [0.25, 0.3) is 0 Å². The fraction of sp³-hybridized carbons (Fsp3) is 0.533. The van der Waals surface area contributed by atoms with Gasteiger partial charge in [0.1, 0.15) is 0 Å². The highest BCUT2D eigenvalue weighted by Crippen LogP contribution is 2.22. The zero-order valence-corrected chi connectivity index (χ0v) is 14.5. The third-order valence-corrected chi connectivity index (χ3v) is 5.33. The van der Waals surface area contributed by atoms with Crippen LogP contribution in [-0.4, -0.2) is 33.5 Å². The minimum atomic E-state index is -3.51. The molecule has 0 aromatic heterocycles. The first-order valence-electron chi connectivity index (χ1n) is 7.57. The average Bonchev–Trinajstić information content (AvgIpc) is 2.52. The molecule has 1 fully saturated rings. The zero-order chi connectivity index (χ0) is 16.0. The summed E-state index contributed by atoms with van der Waals surface area (Å²) in [4.78, 5) is 12.2. The normalized spacial score (nSPS) is 21.3. The summed E-state index contributed by atoms with van der Waals surface area (Å²) in [6.07, 6.45) is 3.51. The third kappa shape index (κ3) is 6.10. The van der Waals surface area contributed by atoms with E-state index in [1.54, 1.807) is 18.2 Å². The Hall–Kier alpha value is -1.15. The van der Waals surface area contributed by atoms with Crippen LogP contribution in [-0.2, 0) is 14.8 Å². The molecule has 1 aliphatic rings. The van der Waals surface area contributed by atoms with Crippen molar-refractivity contribution in [3.05, 3.63) is 30.3 Å². The number of amides is 1. The van der Waals surface area contributed by atoms with Crippen molar-refractivity contribution in [2.45, 2.75) is 36.6 Å². The summed E-state index contributed by atoms with van der Waals surface area (Å²) < 4.78 is 26.4. The fourth-order valence-corrected chi connectivity index (χ4v) is 3.72. The molecule has 0 heterocycles. The number of hydrogen-bond acceptors (Lipinski definition) is 4. The van der Waals surface area contributed by atoms with E-state index < -0.39 is 10.0 Å². The summed E-state index contributed by atoms with van der Waals surface area (Å²) in [6.45, 7) is 0.443. The van der Waals surface area contributed by atoms with Crippen molar-refractivity contribution >= 4 is 28.3 Å². The van der Waals surface area contributed by atoms with Gasteiger partial charge >= 0.3 is 0 Å². The van der Waals surface area contributed by atoms with E-state index >= 15 is 0 Å². The highest BCUT2D eigenvalue weighted by molar-refractivity contribution is 7.89. The first kappa shape index (κ1) is 19.9. The molecule has 0 bridgehead atoms. The molecule has 2 atom stereocenters. The molecular formula is C15H24ClN3O3S. The van der Waals surface area contributed by atoms with E-state index in [0.717, 1.165) is 19.3 Å². The van der Waals surface area contributed by atoms with Gasteiger partial charge in [-0.15, -0.1) is 12.4 Å². The molecule has 4 N–H and O–H groups in total. The molecule has 6 nitrogen and oxygen atoms in total. The van der Waals surface area contributed by atoms with E-state index in [-0.39, 0.29) is 48.3 Å². The molecule has 2 unspecified atom stereocenters. The quantitative estimate of drug-likeness (QED) is 0.658. The van der Waals surface area contributed by atoms with E-state index in [2.05, 4.69) is 10.0 Å². The Balaban J connectivity index is 0.00000264. The number of nitrogens with one attached hydrogen (secondary N) is 2. The summed E-state index contributed by atoms with van der Waals surface area (Å²) in [7, 11) is -3.51. The van der Waals surface area contributed by atoms with Crippen LogP contribution in [0, 0.1) is 5.92 Å². The van der Waals surface area contributed by atoms with Crippen molar-refractivity contribution < 1.29 is 13.2 Å².